The number of hydrogen-bond donors (Lipinski definition) is 0. The summed E-state index contributed by atoms with van der Waals surface area (Å²) < 4.78 is 5.61. The molecule has 0 bridgehead atoms. The van der Waals surface area contributed by atoms with Crippen LogP contribution in [0.5, 0.6) is 0 Å². The van der Waals surface area contributed by atoms with E-state index in [-0.39, 0.29) is 23.2 Å². The van der Waals surface area contributed by atoms with Crippen molar-refractivity contribution in [1.82, 2.24) is 0 Å². The van der Waals surface area contributed by atoms with Gasteiger partial charge < -0.3 is 4.74 Å². The lowest BCUT2D eigenvalue weighted by Crippen LogP contribution is -2.21. The van der Waals surface area contributed by atoms with Crippen molar-refractivity contribution < 1.29 is 9.53 Å². The Hall–Kier alpha value is -1.75. The summed E-state index contributed by atoms with van der Waals surface area (Å²) in [6.45, 7) is 8.12. The molecule has 22 heavy (non-hydrogen) atoms. The molecule has 0 aliphatic heterocycles. The molecule has 1 saturated carbocycles. The SMILES string of the molecule is C#CC(OC(=O)C1C(C=CC)C1(C)C)C(C)=CC1C=CCC1. The molecule has 0 aromatic rings. The second kappa shape index (κ2) is 6.57. The van der Waals surface area contributed by atoms with Crippen molar-refractivity contribution in [3.63, 3.8) is 0 Å². The van der Waals surface area contributed by atoms with Crippen LogP contribution in [0.15, 0.2) is 36.0 Å². The molecule has 4 atom stereocenters. The van der Waals surface area contributed by atoms with Crippen LogP contribution in [0, 0.1) is 35.5 Å². The lowest BCUT2D eigenvalue weighted by atomic mass is 10.0. The summed E-state index contributed by atoms with van der Waals surface area (Å²) in [7, 11) is 0. The zero-order chi connectivity index (χ0) is 16.3. The van der Waals surface area contributed by atoms with Crippen LogP contribution in [0.2, 0.25) is 0 Å². The molecule has 0 radical (unpaired) electrons. The fraction of sp³-hybridized carbons (Fsp3) is 0.550. The maximum absolute atomic E-state index is 12.4. The monoisotopic (exact) mass is 298 g/mol. The van der Waals surface area contributed by atoms with Gasteiger partial charge in [0.15, 0.2) is 6.10 Å². The Balaban J connectivity index is 2.00. The van der Waals surface area contributed by atoms with E-state index in [9.17, 15) is 4.79 Å². The number of rotatable bonds is 5. The molecule has 1 fully saturated rings. The Morgan fingerprint density at radius 3 is 2.77 bits per heavy atom. The molecule has 0 aromatic heterocycles. The van der Waals surface area contributed by atoms with Crippen LogP contribution in [0.4, 0.5) is 0 Å². The van der Waals surface area contributed by atoms with Gasteiger partial charge >= 0.3 is 5.97 Å². The van der Waals surface area contributed by atoms with E-state index in [1.807, 2.05) is 19.9 Å². The van der Waals surface area contributed by atoms with Crippen LogP contribution in [0.25, 0.3) is 0 Å². The molecule has 0 saturated heterocycles. The van der Waals surface area contributed by atoms with E-state index in [4.69, 9.17) is 11.2 Å². The lowest BCUT2D eigenvalue weighted by Gasteiger charge is -2.15. The van der Waals surface area contributed by atoms with Gasteiger partial charge in [-0.1, -0.05) is 50.1 Å². The van der Waals surface area contributed by atoms with Gasteiger partial charge in [0.1, 0.15) is 0 Å². The zero-order valence-corrected chi connectivity index (χ0v) is 14.0. The van der Waals surface area contributed by atoms with Crippen LogP contribution in [0.3, 0.4) is 0 Å². The van der Waals surface area contributed by atoms with Gasteiger partial charge in [-0.2, -0.15) is 0 Å². The predicted molar refractivity (Wildman–Crippen MR) is 89.9 cm³/mol. The van der Waals surface area contributed by atoms with Gasteiger partial charge in [0, 0.05) is 0 Å². The molecule has 2 aliphatic carbocycles. The predicted octanol–water partition coefficient (Wildman–Crippen LogP) is 4.29. The van der Waals surface area contributed by atoms with Crippen LogP contribution in [-0.4, -0.2) is 12.1 Å². The Morgan fingerprint density at radius 1 is 1.50 bits per heavy atom. The first-order chi connectivity index (χ1) is 10.4. The smallest absolute Gasteiger partial charge is 0.311 e. The Labute approximate surface area is 134 Å². The Morgan fingerprint density at radius 2 is 2.23 bits per heavy atom. The standard InChI is InChI=1S/C20H26O2/c1-6-10-16-18(20(16,4)5)19(21)22-17(7-2)14(3)13-15-11-8-9-12-15/h2,6,8,10-11,13,15-18H,9,12H2,1,3-5H3. The highest BCUT2D eigenvalue weighted by molar-refractivity contribution is 5.79. The quantitative estimate of drug-likeness (QED) is 0.430. The molecule has 118 valence electrons. The molecular weight excluding hydrogens is 272 g/mol. The highest BCUT2D eigenvalue weighted by atomic mass is 16.5. The fourth-order valence-electron chi connectivity index (χ4n) is 3.36. The fourth-order valence-corrected chi connectivity index (χ4v) is 3.36. The highest BCUT2D eigenvalue weighted by Gasteiger charge is 2.61. The molecule has 2 heteroatoms. The third-order valence-electron chi connectivity index (χ3n) is 4.89. The summed E-state index contributed by atoms with van der Waals surface area (Å²) in [6.07, 6.45) is 17.8. The number of terminal acetylenes is 1. The maximum Gasteiger partial charge on any atom is 0.311 e. The number of hydrogen-bond acceptors (Lipinski definition) is 2. The van der Waals surface area contributed by atoms with Crippen molar-refractivity contribution >= 4 is 5.97 Å². The second-order valence-corrected chi connectivity index (χ2v) is 6.91. The minimum atomic E-state index is -0.552. The van der Waals surface area contributed by atoms with Gasteiger partial charge in [-0.05, 0) is 49.5 Å². The molecule has 0 aromatic carbocycles. The van der Waals surface area contributed by atoms with Crippen molar-refractivity contribution in [2.45, 2.75) is 46.6 Å². The summed E-state index contributed by atoms with van der Waals surface area (Å²) in [5.41, 5.74) is 0.919. The van der Waals surface area contributed by atoms with Gasteiger partial charge in [0.25, 0.3) is 0 Å². The molecule has 2 nitrogen and oxygen atoms in total. The first kappa shape index (κ1) is 16.6. The van der Waals surface area contributed by atoms with E-state index >= 15 is 0 Å². The molecule has 0 amide bonds. The van der Waals surface area contributed by atoms with Gasteiger partial charge in [0.2, 0.25) is 0 Å². The molecule has 2 rings (SSSR count). The van der Waals surface area contributed by atoms with Crippen LogP contribution in [0.1, 0.15) is 40.5 Å². The molecule has 0 N–H and O–H groups in total. The van der Waals surface area contributed by atoms with E-state index in [0.717, 1.165) is 18.4 Å². The van der Waals surface area contributed by atoms with Crippen molar-refractivity contribution in [2.24, 2.45) is 23.2 Å². The average molecular weight is 298 g/mol. The maximum atomic E-state index is 12.4. The van der Waals surface area contributed by atoms with Gasteiger partial charge in [-0.15, -0.1) is 6.42 Å². The van der Waals surface area contributed by atoms with Gasteiger partial charge in [-0.3, -0.25) is 4.79 Å². The molecule has 2 aliphatic rings. The summed E-state index contributed by atoms with van der Waals surface area (Å²) in [4.78, 5) is 12.4. The first-order valence-electron chi connectivity index (χ1n) is 8.06. The molecule has 4 unspecified atom stereocenters. The van der Waals surface area contributed by atoms with Crippen molar-refractivity contribution in [1.29, 1.82) is 0 Å². The topological polar surface area (TPSA) is 26.3 Å². The van der Waals surface area contributed by atoms with E-state index in [1.165, 1.54) is 0 Å². The number of esters is 1. The summed E-state index contributed by atoms with van der Waals surface area (Å²) in [6, 6.07) is 0. The molecule has 0 spiro atoms. The van der Waals surface area contributed by atoms with Gasteiger partial charge in [-0.25, -0.2) is 0 Å². The number of carbonyl (C=O) groups is 1. The van der Waals surface area contributed by atoms with E-state index in [1.54, 1.807) is 0 Å². The summed E-state index contributed by atoms with van der Waals surface area (Å²) >= 11 is 0. The Bertz CT molecular complexity index is 557. The Kier molecular flexibility index (Phi) is 4.96. The van der Waals surface area contributed by atoms with Crippen LogP contribution >= 0.6 is 0 Å². The van der Waals surface area contributed by atoms with E-state index < -0.39 is 6.10 Å². The summed E-state index contributed by atoms with van der Waals surface area (Å²) in [5, 5.41) is 0. The molecular formula is C20H26O2. The second-order valence-electron chi connectivity index (χ2n) is 6.91. The van der Waals surface area contributed by atoms with Crippen molar-refractivity contribution in [2.75, 3.05) is 0 Å². The highest BCUT2D eigenvalue weighted by Crippen LogP contribution is 2.59. The van der Waals surface area contributed by atoms with E-state index in [2.05, 4.69) is 44.1 Å². The largest absolute Gasteiger partial charge is 0.444 e. The summed E-state index contributed by atoms with van der Waals surface area (Å²) in [5.74, 6) is 3.02. The first-order valence-corrected chi connectivity index (χ1v) is 8.06. The number of carbonyl (C=O) groups excluding carboxylic acids is 1. The minimum Gasteiger partial charge on any atom is -0.444 e. The van der Waals surface area contributed by atoms with Crippen molar-refractivity contribution in [3.05, 3.63) is 36.0 Å². The third-order valence-corrected chi connectivity index (χ3v) is 4.89. The van der Waals surface area contributed by atoms with Crippen molar-refractivity contribution in [3.8, 4) is 12.3 Å². The van der Waals surface area contributed by atoms with Crippen LogP contribution < -0.4 is 0 Å². The minimum absolute atomic E-state index is 0.0332. The number of ether oxygens (including phenoxy) is 1. The van der Waals surface area contributed by atoms with Crippen LogP contribution in [-0.2, 0) is 9.53 Å². The lowest BCUT2D eigenvalue weighted by molar-refractivity contribution is -0.147. The zero-order valence-electron chi connectivity index (χ0n) is 14.0. The molecule has 0 heterocycles. The third kappa shape index (κ3) is 3.35. The van der Waals surface area contributed by atoms with Gasteiger partial charge in [0.05, 0.1) is 5.92 Å². The van der Waals surface area contributed by atoms with E-state index in [0.29, 0.717) is 5.92 Å². The normalized spacial score (nSPS) is 31.0. The average Bonchev–Trinajstić information content (AvgIpc) is 2.80. The number of allylic oxidation sites excluding steroid dienone is 5.